The molecule has 2 aromatic carbocycles. The molecule has 1 aliphatic rings. The highest BCUT2D eigenvalue weighted by molar-refractivity contribution is 7.10. The highest BCUT2D eigenvalue weighted by Crippen LogP contribution is 2.46. The fraction of sp³-hybridized carbons (Fsp3) is 0.0526. The molecule has 0 aliphatic heterocycles. The van der Waals surface area contributed by atoms with Crippen LogP contribution in [-0.2, 0) is 5.60 Å². The maximum atomic E-state index is 11.2. The molecule has 0 saturated carbocycles. The third-order valence-electron chi connectivity index (χ3n) is 3.81. The molecule has 0 radical (unpaired) electrons. The molecule has 0 spiro atoms. The van der Waals surface area contributed by atoms with Crippen LogP contribution in [0.3, 0.4) is 0 Å². The minimum Gasteiger partial charge on any atom is -0.369 e. The predicted molar refractivity (Wildman–Crippen MR) is 86.1 cm³/mol. The van der Waals surface area contributed by atoms with Crippen LogP contribution in [0.1, 0.15) is 16.0 Å². The molecule has 3 aromatic rings. The topological polar surface area (TPSA) is 20.2 Å². The molecule has 1 aliphatic carbocycles. The van der Waals surface area contributed by atoms with E-state index in [0.29, 0.717) is 0 Å². The molecule has 100 valence electrons. The summed E-state index contributed by atoms with van der Waals surface area (Å²) in [6.45, 7) is 0. The van der Waals surface area contributed by atoms with E-state index in [1.165, 1.54) is 0 Å². The summed E-state index contributed by atoms with van der Waals surface area (Å²) in [7, 11) is 0. The molecular formula is C19H12OS. The maximum Gasteiger partial charge on any atom is 0.178 e. The van der Waals surface area contributed by atoms with E-state index in [1.807, 2.05) is 66.0 Å². The molecule has 0 bridgehead atoms. The third-order valence-corrected chi connectivity index (χ3v) is 4.60. The van der Waals surface area contributed by atoms with E-state index >= 15 is 0 Å². The van der Waals surface area contributed by atoms with Gasteiger partial charge in [-0.15, -0.1) is 11.3 Å². The van der Waals surface area contributed by atoms with Gasteiger partial charge in [0.1, 0.15) is 0 Å². The summed E-state index contributed by atoms with van der Waals surface area (Å²) in [5.41, 5.74) is 2.65. The molecular weight excluding hydrogens is 276 g/mol. The first kappa shape index (κ1) is 12.4. The Hall–Kier alpha value is -2.34. The fourth-order valence-corrected chi connectivity index (χ4v) is 3.42. The van der Waals surface area contributed by atoms with E-state index in [0.717, 1.165) is 27.1 Å². The summed E-state index contributed by atoms with van der Waals surface area (Å²) in [6, 6.07) is 19.8. The van der Waals surface area contributed by atoms with Crippen molar-refractivity contribution in [1.82, 2.24) is 0 Å². The first-order valence-electron chi connectivity index (χ1n) is 6.77. The van der Waals surface area contributed by atoms with Gasteiger partial charge in [-0.05, 0) is 22.6 Å². The quantitative estimate of drug-likeness (QED) is 0.620. The zero-order valence-corrected chi connectivity index (χ0v) is 12.0. The van der Waals surface area contributed by atoms with Crippen molar-refractivity contribution in [1.29, 1.82) is 0 Å². The molecule has 1 aromatic heterocycles. The summed E-state index contributed by atoms with van der Waals surface area (Å²) in [5.74, 6) is 6.20. The Bertz CT molecular complexity index is 820. The van der Waals surface area contributed by atoms with Crippen LogP contribution in [0.2, 0.25) is 0 Å². The average molecular weight is 288 g/mol. The van der Waals surface area contributed by atoms with Gasteiger partial charge in [0.15, 0.2) is 5.60 Å². The van der Waals surface area contributed by atoms with Gasteiger partial charge in [-0.3, -0.25) is 0 Å². The van der Waals surface area contributed by atoms with Crippen molar-refractivity contribution >= 4 is 11.3 Å². The number of thiophene rings is 1. The number of aliphatic hydroxyl groups is 1. The first-order valence-corrected chi connectivity index (χ1v) is 7.65. The molecule has 0 saturated heterocycles. The summed E-state index contributed by atoms with van der Waals surface area (Å²) in [4.78, 5) is 0.963. The Kier molecular flexibility index (Phi) is 2.71. The van der Waals surface area contributed by atoms with Crippen LogP contribution >= 0.6 is 11.3 Å². The Balaban J connectivity index is 1.96. The molecule has 0 amide bonds. The van der Waals surface area contributed by atoms with Crippen molar-refractivity contribution < 1.29 is 5.11 Å². The number of fused-ring (bicyclic) bond motifs is 3. The van der Waals surface area contributed by atoms with Gasteiger partial charge in [0, 0.05) is 11.1 Å². The number of hydrogen-bond donors (Lipinski definition) is 1. The molecule has 4 rings (SSSR count). The van der Waals surface area contributed by atoms with Crippen LogP contribution < -0.4 is 0 Å². The summed E-state index contributed by atoms with van der Waals surface area (Å²) >= 11 is 1.58. The monoisotopic (exact) mass is 288 g/mol. The smallest absolute Gasteiger partial charge is 0.178 e. The Morgan fingerprint density at radius 2 is 1.43 bits per heavy atom. The van der Waals surface area contributed by atoms with E-state index < -0.39 is 5.60 Å². The van der Waals surface area contributed by atoms with E-state index in [1.54, 1.807) is 11.3 Å². The first-order chi connectivity index (χ1) is 10.3. The molecule has 1 heterocycles. The molecule has 0 unspecified atom stereocenters. The number of benzene rings is 2. The zero-order chi connectivity index (χ0) is 14.3. The second-order valence-corrected chi connectivity index (χ2v) is 5.98. The maximum absolute atomic E-state index is 11.2. The van der Waals surface area contributed by atoms with Crippen LogP contribution in [-0.4, -0.2) is 5.11 Å². The van der Waals surface area contributed by atoms with Crippen molar-refractivity contribution in [3.63, 3.8) is 0 Å². The standard InChI is InChI=1S/C19H12OS/c20-19(12-11-14-6-5-13-21-14)17-9-3-1-7-15(17)16-8-2-4-10-18(16)19/h1-10,13,20H. The van der Waals surface area contributed by atoms with Crippen LogP contribution in [0.5, 0.6) is 0 Å². The second-order valence-electron chi connectivity index (χ2n) is 5.03. The lowest BCUT2D eigenvalue weighted by Gasteiger charge is -2.18. The van der Waals surface area contributed by atoms with Gasteiger partial charge in [-0.2, -0.15) is 0 Å². The van der Waals surface area contributed by atoms with Gasteiger partial charge in [-0.1, -0.05) is 66.4 Å². The van der Waals surface area contributed by atoms with E-state index in [9.17, 15) is 5.11 Å². The van der Waals surface area contributed by atoms with Gasteiger partial charge in [0.25, 0.3) is 0 Å². The molecule has 1 N–H and O–H groups in total. The lowest BCUT2D eigenvalue weighted by atomic mass is 9.92. The van der Waals surface area contributed by atoms with Gasteiger partial charge < -0.3 is 5.11 Å². The molecule has 0 atom stereocenters. The highest BCUT2D eigenvalue weighted by atomic mass is 32.1. The highest BCUT2D eigenvalue weighted by Gasteiger charge is 2.39. The second kappa shape index (κ2) is 4.60. The molecule has 0 fully saturated rings. The fourth-order valence-electron chi connectivity index (χ4n) is 2.85. The van der Waals surface area contributed by atoms with Gasteiger partial charge in [0.2, 0.25) is 0 Å². The van der Waals surface area contributed by atoms with Gasteiger partial charge in [-0.25, -0.2) is 0 Å². The van der Waals surface area contributed by atoms with Crippen molar-refractivity contribution in [2.24, 2.45) is 0 Å². The van der Waals surface area contributed by atoms with E-state index in [-0.39, 0.29) is 0 Å². The van der Waals surface area contributed by atoms with Crippen LogP contribution in [0, 0.1) is 11.8 Å². The van der Waals surface area contributed by atoms with Crippen LogP contribution in [0.4, 0.5) is 0 Å². The van der Waals surface area contributed by atoms with Crippen molar-refractivity contribution in [3.8, 4) is 23.0 Å². The van der Waals surface area contributed by atoms with Gasteiger partial charge >= 0.3 is 0 Å². The van der Waals surface area contributed by atoms with Crippen molar-refractivity contribution in [2.75, 3.05) is 0 Å². The third kappa shape index (κ3) is 1.83. The minimum atomic E-state index is -1.23. The summed E-state index contributed by atoms with van der Waals surface area (Å²) in [6.07, 6.45) is 0. The summed E-state index contributed by atoms with van der Waals surface area (Å²) in [5, 5.41) is 13.2. The average Bonchev–Trinajstić information content (AvgIpc) is 3.13. The predicted octanol–water partition coefficient (Wildman–Crippen LogP) is 4.02. The zero-order valence-electron chi connectivity index (χ0n) is 11.2. The Morgan fingerprint density at radius 1 is 0.810 bits per heavy atom. The van der Waals surface area contributed by atoms with E-state index in [4.69, 9.17) is 0 Å². The van der Waals surface area contributed by atoms with E-state index in [2.05, 4.69) is 11.8 Å². The number of rotatable bonds is 0. The molecule has 21 heavy (non-hydrogen) atoms. The van der Waals surface area contributed by atoms with Crippen LogP contribution in [0.25, 0.3) is 11.1 Å². The largest absolute Gasteiger partial charge is 0.369 e. The van der Waals surface area contributed by atoms with Crippen molar-refractivity contribution in [3.05, 3.63) is 82.0 Å². The lowest BCUT2D eigenvalue weighted by Crippen LogP contribution is -2.22. The molecule has 1 nitrogen and oxygen atoms in total. The Labute approximate surface area is 127 Å². The van der Waals surface area contributed by atoms with Gasteiger partial charge in [0.05, 0.1) is 4.88 Å². The normalized spacial score (nSPS) is 14.0. The van der Waals surface area contributed by atoms with Crippen molar-refractivity contribution in [2.45, 2.75) is 5.60 Å². The molecule has 2 heteroatoms. The number of hydrogen-bond acceptors (Lipinski definition) is 2. The van der Waals surface area contributed by atoms with Crippen LogP contribution in [0.15, 0.2) is 66.0 Å². The minimum absolute atomic E-state index is 0.871. The Morgan fingerprint density at radius 3 is 2.00 bits per heavy atom. The lowest BCUT2D eigenvalue weighted by molar-refractivity contribution is 0.150. The summed E-state index contributed by atoms with van der Waals surface area (Å²) < 4.78 is 0. The SMILES string of the molecule is OC1(C#Cc2cccs2)c2ccccc2-c2ccccc21.